The quantitative estimate of drug-likeness (QED) is 0.623. The molecule has 3 aliphatic rings. The summed E-state index contributed by atoms with van der Waals surface area (Å²) in [6.45, 7) is 7.15. The number of hydrogen-bond donors (Lipinski definition) is 1. The van der Waals surface area contributed by atoms with E-state index in [2.05, 4.69) is 20.8 Å². The predicted molar refractivity (Wildman–Crippen MR) is 54.4 cm³/mol. The van der Waals surface area contributed by atoms with E-state index in [1.807, 2.05) is 0 Å². The second-order valence-electron chi connectivity index (χ2n) is 5.12. The molecule has 3 aliphatic carbocycles. The van der Waals surface area contributed by atoms with Crippen LogP contribution in [0.5, 0.6) is 0 Å². The molecule has 2 N–H and O–H groups in total. The Kier molecular flexibility index (Phi) is 2.48. The minimum atomic E-state index is 0. The van der Waals surface area contributed by atoms with Crippen LogP contribution in [0.2, 0.25) is 0 Å². The molecule has 2 bridgehead atoms. The van der Waals surface area contributed by atoms with Gasteiger partial charge in [-0.1, -0.05) is 20.8 Å². The van der Waals surface area contributed by atoms with Gasteiger partial charge in [0, 0.05) is 6.04 Å². The van der Waals surface area contributed by atoms with Crippen molar-refractivity contribution in [1.29, 1.82) is 0 Å². The van der Waals surface area contributed by atoms with E-state index < -0.39 is 0 Å². The summed E-state index contributed by atoms with van der Waals surface area (Å²) < 4.78 is 0. The van der Waals surface area contributed by atoms with E-state index in [1.165, 1.54) is 12.8 Å². The molecule has 72 valence electrons. The van der Waals surface area contributed by atoms with Crippen molar-refractivity contribution in [3.63, 3.8) is 0 Å². The Hall–Kier alpha value is 0.250. The van der Waals surface area contributed by atoms with E-state index in [9.17, 15) is 0 Å². The molecule has 1 nitrogen and oxygen atoms in total. The van der Waals surface area contributed by atoms with E-state index >= 15 is 0 Å². The first-order chi connectivity index (χ1) is 5.03. The molecule has 3 rings (SSSR count). The molecule has 2 heteroatoms. The maximum atomic E-state index is 6.02. The maximum absolute atomic E-state index is 6.02. The van der Waals surface area contributed by atoms with Crippen molar-refractivity contribution in [1.82, 2.24) is 0 Å². The minimum absolute atomic E-state index is 0. The molecule has 0 saturated heterocycles. The fourth-order valence-corrected chi connectivity index (χ4v) is 3.19. The third-order valence-electron chi connectivity index (χ3n) is 4.41. The highest BCUT2D eigenvalue weighted by atomic mass is 35.5. The van der Waals surface area contributed by atoms with E-state index in [0.29, 0.717) is 11.5 Å². The molecule has 3 fully saturated rings. The lowest BCUT2D eigenvalue weighted by atomic mass is 9.45. The van der Waals surface area contributed by atoms with Crippen LogP contribution in [0.1, 0.15) is 33.6 Å². The molecule has 0 spiro atoms. The largest absolute Gasteiger partial charge is 0.327 e. The van der Waals surface area contributed by atoms with Crippen LogP contribution in [0.4, 0.5) is 0 Å². The van der Waals surface area contributed by atoms with E-state index in [1.54, 1.807) is 0 Å². The monoisotopic (exact) mass is 189 g/mol. The van der Waals surface area contributed by atoms with Gasteiger partial charge >= 0.3 is 0 Å². The zero-order valence-corrected chi connectivity index (χ0v) is 9.03. The lowest BCUT2D eigenvalue weighted by Crippen LogP contribution is -2.58. The van der Waals surface area contributed by atoms with E-state index in [4.69, 9.17) is 5.73 Å². The molecule has 2 unspecified atom stereocenters. The van der Waals surface area contributed by atoms with Crippen LogP contribution in [0.3, 0.4) is 0 Å². The smallest absolute Gasteiger partial charge is 0.00702 e. The van der Waals surface area contributed by atoms with Gasteiger partial charge in [-0.25, -0.2) is 0 Å². The van der Waals surface area contributed by atoms with Crippen LogP contribution < -0.4 is 5.73 Å². The van der Waals surface area contributed by atoms with Crippen molar-refractivity contribution >= 4 is 12.4 Å². The van der Waals surface area contributed by atoms with Crippen molar-refractivity contribution in [2.45, 2.75) is 39.7 Å². The van der Waals surface area contributed by atoms with Gasteiger partial charge in [0.25, 0.3) is 0 Å². The molecule has 0 aromatic heterocycles. The topological polar surface area (TPSA) is 26.0 Å². The first kappa shape index (κ1) is 10.3. The summed E-state index contributed by atoms with van der Waals surface area (Å²) in [6, 6.07) is 0.492. The van der Waals surface area contributed by atoms with E-state index in [0.717, 1.165) is 17.8 Å². The fraction of sp³-hybridized carbons (Fsp3) is 1.00. The Balaban J connectivity index is 0.000000720. The second-order valence-corrected chi connectivity index (χ2v) is 5.12. The summed E-state index contributed by atoms with van der Waals surface area (Å²) in [5.41, 5.74) is 6.63. The Morgan fingerprint density at radius 2 is 1.83 bits per heavy atom. The van der Waals surface area contributed by atoms with Crippen LogP contribution >= 0.6 is 12.4 Å². The zero-order valence-electron chi connectivity index (χ0n) is 8.21. The average molecular weight is 190 g/mol. The lowest BCUT2D eigenvalue weighted by Gasteiger charge is -2.61. The SMILES string of the molecule is C[C@H]1C2CC(C[C@@H]1N)C2(C)C.Cl. The second kappa shape index (κ2) is 2.88. The Morgan fingerprint density at radius 1 is 1.25 bits per heavy atom. The number of fused-ring (bicyclic) bond motifs is 2. The molecule has 0 amide bonds. The Morgan fingerprint density at radius 3 is 2.17 bits per heavy atom. The van der Waals surface area contributed by atoms with Crippen molar-refractivity contribution in [2.75, 3.05) is 0 Å². The predicted octanol–water partition coefficient (Wildman–Crippen LogP) is 2.44. The third kappa shape index (κ3) is 1.10. The van der Waals surface area contributed by atoms with Gasteiger partial charge in [0.2, 0.25) is 0 Å². The number of rotatable bonds is 0. The highest BCUT2D eigenvalue weighted by Crippen LogP contribution is 2.60. The highest BCUT2D eigenvalue weighted by molar-refractivity contribution is 5.85. The molecule has 0 heterocycles. The maximum Gasteiger partial charge on any atom is 0.00702 e. The van der Waals surface area contributed by atoms with Gasteiger partial charge in [0.05, 0.1) is 0 Å². The van der Waals surface area contributed by atoms with Gasteiger partial charge < -0.3 is 5.73 Å². The number of nitrogens with two attached hydrogens (primary N) is 1. The highest BCUT2D eigenvalue weighted by Gasteiger charge is 2.55. The fourth-order valence-electron chi connectivity index (χ4n) is 3.19. The first-order valence-corrected chi connectivity index (χ1v) is 4.79. The van der Waals surface area contributed by atoms with Crippen LogP contribution in [-0.4, -0.2) is 6.04 Å². The Labute approximate surface area is 81.5 Å². The molecule has 4 atom stereocenters. The average Bonchev–Trinajstić information content (AvgIpc) is 1.93. The number of halogens is 1. The van der Waals surface area contributed by atoms with Gasteiger partial charge in [-0.2, -0.15) is 0 Å². The van der Waals surface area contributed by atoms with Gasteiger partial charge in [-0.3, -0.25) is 0 Å². The number of hydrogen-bond acceptors (Lipinski definition) is 1. The molecular weight excluding hydrogens is 170 g/mol. The van der Waals surface area contributed by atoms with Crippen LogP contribution in [0.15, 0.2) is 0 Å². The molecule has 0 aliphatic heterocycles. The first-order valence-electron chi connectivity index (χ1n) is 4.79. The standard InChI is InChI=1S/C10H19N.ClH/c1-6-8-4-7(5-9(6)11)10(8,2)3;/h6-9H,4-5,11H2,1-3H3;1H/t6-,7?,8?,9-;/m0./s1. The summed E-state index contributed by atoms with van der Waals surface area (Å²) >= 11 is 0. The molecule has 0 aromatic carbocycles. The van der Waals surface area contributed by atoms with Crippen LogP contribution in [0.25, 0.3) is 0 Å². The van der Waals surface area contributed by atoms with Gasteiger partial charge in [-0.15, -0.1) is 12.4 Å². The van der Waals surface area contributed by atoms with Crippen LogP contribution in [-0.2, 0) is 0 Å². The summed E-state index contributed by atoms with van der Waals surface area (Å²) in [5.74, 6) is 2.60. The normalized spacial score (nSPS) is 49.0. The molecule has 3 saturated carbocycles. The zero-order chi connectivity index (χ0) is 8.22. The lowest BCUT2D eigenvalue weighted by molar-refractivity contribution is -0.108. The van der Waals surface area contributed by atoms with E-state index in [-0.39, 0.29) is 12.4 Å². The van der Waals surface area contributed by atoms with Crippen molar-refractivity contribution in [3.8, 4) is 0 Å². The molecule has 0 aromatic rings. The van der Waals surface area contributed by atoms with Crippen molar-refractivity contribution < 1.29 is 0 Å². The Bertz CT molecular complexity index is 179. The minimum Gasteiger partial charge on any atom is -0.327 e. The van der Waals surface area contributed by atoms with Crippen LogP contribution in [0, 0.1) is 23.2 Å². The van der Waals surface area contributed by atoms with Gasteiger partial charge in [-0.05, 0) is 36.0 Å². The summed E-state index contributed by atoms with van der Waals surface area (Å²) in [7, 11) is 0. The van der Waals surface area contributed by atoms with Gasteiger partial charge in [0.1, 0.15) is 0 Å². The summed E-state index contributed by atoms with van der Waals surface area (Å²) in [6.07, 6.45) is 2.71. The summed E-state index contributed by atoms with van der Waals surface area (Å²) in [5, 5.41) is 0. The molecule has 0 radical (unpaired) electrons. The van der Waals surface area contributed by atoms with Crippen molar-refractivity contribution in [3.05, 3.63) is 0 Å². The third-order valence-corrected chi connectivity index (χ3v) is 4.41. The van der Waals surface area contributed by atoms with Gasteiger partial charge in [0.15, 0.2) is 0 Å². The molecular formula is C10H20ClN. The summed E-state index contributed by atoms with van der Waals surface area (Å²) in [4.78, 5) is 0. The molecule has 12 heavy (non-hydrogen) atoms. The van der Waals surface area contributed by atoms with Crippen molar-refractivity contribution in [2.24, 2.45) is 28.9 Å².